The van der Waals surface area contributed by atoms with E-state index in [0.29, 0.717) is 10.8 Å². The van der Waals surface area contributed by atoms with E-state index in [1.165, 1.54) is 12.8 Å². The lowest BCUT2D eigenvalue weighted by Crippen LogP contribution is -2.28. The summed E-state index contributed by atoms with van der Waals surface area (Å²) in [6.07, 6.45) is 2.57. The van der Waals surface area contributed by atoms with Crippen LogP contribution in [-0.2, 0) is 0 Å². The van der Waals surface area contributed by atoms with Gasteiger partial charge in [0.1, 0.15) is 0 Å². The third-order valence-electron chi connectivity index (χ3n) is 3.73. The molecule has 0 nitrogen and oxygen atoms in total. The molecular weight excluding hydrogens is 240 g/mol. The molecular formula is C20H50. The van der Waals surface area contributed by atoms with Crippen molar-refractivity contribution in [1.82, 2.24) is 0 Å². The monoisotopic (exact) mass is 290 g/mol. The maximum absolute atomic E-state index is 2.33. The second kappa shape index (κ2) is 21.3. The minimum Gasteiger partial charge on any atom is -0.0683 e. The molecule has 20 heavy (non-hydrogen) atoms. The molecule has 0 heterocycles. The highest BCUT2D eigenvalue weighted by molar-refractivity contribution is 4.80. The molecule has 0 saturated heterocycles. The van der Waals surface area contributed by atoms with E-state index >= 15 is 0 Å². The van der Waals surface area contributed by atoms with Gasteiger partial charge in [-0.3, -0.25) is 0 Å². The SMILES string of the molecule is CC.CC.CC.CCC(C)(C)C(C)(C)C.CCC(C)C. The second-order valence-electron chi connectivity index (χ2n) is 6.29. The Labute approximate surface area is 134 Å². The van der Waals surface area contributed by atoms with Gasteiger partial charge in [-0.2, -0.15) is 0 Å². The van der Waals surface area contributed by atoms with Gasteiger partial charge in [0.2, 0.25) is 0 Å². The molecule has 0 bridgehead atoms. The summed E-state index contributed by atoms with van der Waals surface area (Å²) in [5, 5.41) is 0. The molecule has 0 atom stereocenters. The molecule has 0 saturated carbocycles. The van der Waals surface area contributed by atoms with E-state index in [4.69, 9.17) is 0 Å². The Bertz CT molecular complexity index is 123. The number of hydrogen-bond acceptors (Lipinski definition) is 0. The zero-order chi connectivity index (χ0) is 18.0. The summed E-state index contributed by atoms with van der Waals surface area (Å²) in [7, 11) is 0. The van der Waals surface area contributed by atoms with Gasteiger partial charge in [-0.25, -0.2) is 0 Å². The molecule has 0 aromatic carbocycles. The van der Waals surface area contributed by atoms with Crippen LogP contribution in [0.5, 0.6) is 0 Å². The van der Waals surface area contributed by atoms with Gasteiger partial charge in [-0.1, -0.05) is 117 Å². The number of rotatable bonds is 2. The van der Waals surface area contributed by atoms with Gasteiger partial charge >= 0.3 is 0 Å². The van der Waals surface area contributed by atoms with Gasteiger partial charge < -0.3 is 0 Å². The van der Waals surface area contributed by atoms with E-state index < -0.39 is 0 Å². The van der Waals surface area contributed by atoms with Crippen LogP contribution in [0.25, 0.3) is 0 Å². The third-order valence-corrected chi connectivity index (χ3v) is 3.73. The number of hydrogen-bond donors (Lipinski definition) is 0. The van der Waals surface area contributed by atoms with Crippen molar-refractivity contribution in [2.45, 2.75) is 117 Å². The van der Waals surface area contributed by atoms with Crippen molar-refractivity contribution in [3.05, 3.63) is 0 Å². The van der Waals surface area contributed by atoms with Crippen molar-refractivity contribution in [3.63, 3.8) is 0 Å². The van der Waals surface area contributed by atoms with Crippen molar-refractivity contribution in [3.8, 4) is 0 Å². The molecule has 0 rings (SSSR count). The minimum absolute atomic E-state index is 0.446. The van der Waals surface area contributed by atoms with Crippen LogP contribution >= 0.6 is 0 Å². The lowest BCUT2D eigenvalue weighted by molar-refractivity contribution is 0.126. The fraction of sp³-hybridized carbons (Fsp3) is 1.00. The topological polar surface area (TPSA) is 0 Å². The largest absolute Gasteiger partial charge is 0.0683 e. The van der Waals surface area contributed by atoms with Crippen LogP contribution in [0, 0.1) is 16.7 Å². The van der Waals surface area contributed by atoms with Crippen LogP contribution in [0.4, 0.5) is 0 Å². The van der Waals surface area contributed by atoms with Gasteiger partial charge in [0.05, 0.1) is 0 Å². The van der Waals surface area contributed by atoms with Crippen molar-refractivity contribution >= 4 is 0 Å². The average Bonchev–Trinajstić information content (AvgIpc) is 2.44. The van der Waals surface area contributed by atoms with Crippen molar-refractivity contribution in [2.24, 2.45) is 16.7 Å². The zero-order valence-corrected chi connectivity index (χ0v) is 18.0. The molecule has 0 amide bonds. The van der Waals surface area contributed by atoms with Crippen LogP contribution < -0.4 is 0 Å². The molecule has 0 fully saturated rings. The highest BCUT2D eigenvalue weighted by Gasteiger charge is 2.30. The first-order chi connectivity index (χ1) is 9.08. The molecule has 0 aromatic rings. The first kappa shape index (κ1) is 32.1. The summed E-state index contributed by atoms with van der Waals surface area (Å²) < 4.78 is 0. The average molecular weight is 291 g/mol. The van der Waals surface area contributed by atoms with E-state index in [9.17, 15) is 0 Å². The lowest BCUT2D eigenvalue weighted by atomic mass is 9.68. The Morgan fingerprint density at radius 2 is 0.850 bits per heavy atom. The molecule has 0 aromatic heterocycles. The Morgan fingerprint density at radius 1 is 0.650 bits per heavy atom. The standard InChI is InChI=1S/C9H20.C5H12.3C2H6/c1-7-9(5,6)8(2,3)4;1-4-5(2)3;3*1-2/h7H2,1-6H3;5H,4H2,1-3H3;3*1-2H3. The summed E-state index contributed by atoms with van der Waals surface area (Å²) in [4.78, 5) is 0. The summed E-state index contributed by atoms with van der Waals surface area (Å²) in [6.45, 7) is 32.5. The predicted octanol–water partition coefficient (Wildman–Crippen LogP) is 8.60. The van der Waals surface area contributed by atoms with E-state index in [0.717, 1.165) is 5.92 Å². The van der Waals surface area contributed by atoms with Crippen LogP contribution in [0.3, 0.4) is 0 Å². The van der Waals surface area contributed by atoms with Crippen molar-refractivity contribution in [2.75, 3.05) is 0 Å². The fourth-order valence-electron chi connectivity index (χ4n) is 0.530. The molecule has 0 aliphatic carbocycles. The Balaban J connectivity index is -0.0000000580. The molecule has 0 spiro atoms. The van der Waals surface area contributed by atoms with Crippen LogP contribution in [0.2, 0.25) is 0 Å². The quantitative estimate of drug-likeness (QED) is 0.477. The highest BCUT2D eigenvalue weighted by Crippen LogP contribution is 2.40. The second-order valence-corrected chi connectivity index (χ2v) is 6.29. The van der Waals surface area contributed by atoms with Crippen LogP contribution in [0.15, 0.2) is 0 Å². The Hall–Kier alpha value is 0. The molecule has 0 aliphatic rings. The highest BCUT2D eigenvalue weighted by atomic mass is 14.3. The molecule has 130 valence electrons. The van der Waals surface area contributed by atoms with Gasteiger partial charge in [-0.15, -0.1) is 0 Å². The van der Waals surface area contributed by atoms with E-state index in [2.05, 4.69) is 62.3 Å². The predicted molar refractivity (Wildman–Crippen MR) is 103 cm³/mol. The van der Waals surface area contributed by atoms with Gasteiger partial charge in [0, 0.05) is 0 Å². The fourth-order valence-corrected chi connectivity index (χ4v) is 0.530. The van der Waals surface area contributed by atoms with Gasteiger partial charge in [0.15, 0.2) is 0 Å². The summed E-state index contributed by atoms with van der Waals surface area (Å²) >= 11 is 0. The summed E-state index contributed by atoms with van der Waals surface area (Å²) in [5.74, 6) is 0.884. The van der Waals surface area contributed by atoms with Gasteiger partial charge in [-0.05, 0) is 16.7 Å². The van der Waals surface area contributed by atoms with E-state index in [1.807, 2.05) is 41.5 Å². The molecule has 0 radical (unpaired) electrons. The van der Waals surface area contributed by atoms with Crippen LogP contribution in [0.1, 0.15) is 117 Å². The smallest absolute Gasteiger partial charge is 0.0308 e. The molecule has 0 heteroatoms. The molecule has 0 aliphatic heterocycles. The first-order valence-corrected chi connectivity index (χ1v) is 9.08. The normalized spacial score (nSPS) is 9.60. The molecule has 0 unspecified atom stereocenters. The third kappa shape index (κ3) is 26.5. The van der Waals surface area contributed by atoms with E-state index in [1.54, 1.807) is 0 Å². The van der Waals surface area contributed by atoms with Crippen molar-refractivity contribution < 1.29 is 0 Å². The maximum atomic E-state index is 2.33. The molecule has 0 N–H and O–H groups in total. The minimum atomic E-state index is 0.446. The summed E-state index contributed by atoms with van der Waals surface area (Å²) in [5.41, 5.74) is 0.925. The van der Waals surface area contributed by atoms with Crippen molar-refractivity contribution in [1.29, 1.82) is 0 Å². The Kier molecular flexibility index (Phi) is 34.2. The van der Waals surface area contributed by atoms with E-state index in [-0.39, 0.29) is 0 Å². The van der Waals surface area contributed by atoms with Gasteiger partial charge in [0.25, 0.3) is 0 Å². The summed E-state index contributed by atoms with van der Waals surface area (Å²) in [6, 6.07) is 0. The lowest BCUT2D eigenvalue weighted by Gasteiger charge is -2.37. The van der Waals surface area contributed by atoms with Crippen LogP contribution in [-0.4, -0.2) is 0 Å². The zero-order valence-electron chi connectivity index (χ0n) is 18.0. The maximum Gasteiger partial charge on any atom is -0.0308 e. The first-order valence-electron chi connectivity index (χ1n) is 9.08. The Morgan fingerprint density at radius 3 is 0.850 bits per heavy atom.